The van der Waals surface area contributed by atoms with Crippen molar-refractivity contribution in [3.8, 4) is 11.1 Å². The van der Waals surface area contributed by atoms with E-state index in [0.717, 1.165) is 11.1 Å². The van der Waals surface area contributed by atoms with Crippen LogP contribution in [0.25, 0.3) is 11.1 Å². The summed E-state index contributed by atoms with van der Waals surface area (Å²) in [4.78, 5) is 38.3. The second-order valence-electron chi connectivity index (χ2n) is 8.61. The third-order valence-corrected chi connectivity index (χ3v) is 7.46. The first-order chi connectivity index (χ1) is 14.7. The lowest BCUT2D eigenvalue weighted by Crippen LogP contribution is -2.45. The molecule has 4 rings (SSSR count). The minimum atomic E-state index is -1.00. The average Bonchev–Trinajstić information content (AvgIpc) is 3.30. The van der Waals surface area contributed by atoms with E-state index < -0.39 is 12.0 Å². The van der Waals surface area contributed by atoms with Crippen LogP contribution in [0.15, 0.2) is 42.5 Å². The molecule has 1 heterocycles. The van der Waals surface area contributed by atoms with Crippen molar-refractivity contribution < 1.29 is 19.5 Å². The molecule has 31 heavy (non-hydrogen) atoms. The molecule has 0 radical (unpaired) electrons. The molecule has 2 atom stereocenters. The molecule has 0 unspecified atom stereocenters. The van der Waals surface area contributed by atoms with Crippen molar-refractivity contribution in [2.75, 3.05) is 19.3 Å². The number of carbonyl (C=O) groups is 3. The first-order valence-corrected chi connectivity index (χ1v) is 11.6. The molecule has 2 amide bonds. The van der Waals surface area contributed by atoms with Crippen LogP contribution in [-0.2, 0) is 15.0 Å². The van der Waals surface area contributed by atoms with Gasteiger partial charge in [0.1, 0.15) is 6.04 Å². The third-order valence-electron chi connectivity index (χ3n) is 6.45. The van der Waals surface area contributed by atoms with Gasteiger partial charge in [-0.15, -0.1) is 0 Å². The van der Waals surface area contributed by atoms with Crippen LogP contribution < -0.4 is 5.32 Å². The molecule has 1 fully saturated rings. The molecule has 1 aliphatic carbocycles. The number of carbonyl (C=O) groups excluding carboxylic acids is 2. The van der Waals surface area contributed by atoms with Crippen molar-refractivity contribution in [3.05, 3.63) is 59.2 Å². The Bertz CT molecular complexity index is 1070. The number of aliphatic carboxylic acids is 1. The van der Waals surface area contributed by atoms with Crippen LogP contribution in [-0.4, -0.2) is 58.4 Å². The highest BCUT2D eigenvalue weighted by Crippen LogP contribution is 2.48. The van der Waals surface area contributed by atoms with E-state index in [1.165, 1.54) is 16.0 Å². The summed E-state index contributed by atoms with van der Waals surface area (Å²) in [6, 6.07) is 13.0. The van der Waals surface area contributed by atoms with Crippen LogP contribution in [0.4, 0.5) is 0 Å². The minimum absolute atomic E-state index is 0.0980. The molecule has 1 aliphatic heterocycles. The molecule has 6 nitrogen and oxygen atoms in total. The zero-order valence-electron chi connectivity index (χ0n) is 17.8. The molecule has 2 aromatic rings. The SMILES string of the molecule is CS[C@@H]1C[C@@H](C(=O)O)N(C(=O)CNC(=O)c2ccc3c(c2)-c2ccccc2C3(C)C)C1. The highest BCUT2D eigenvalue weighted by atomic mass is 32.2. The molecule has 0 spiro atoms. The Labute approximate surface area is 186 Å². The fraction of sp³-hybridized carbons (Fsp3) is 0.375. The van der Waals surface area contributed by atoms with Gasteiger partial charge in [0.15, 0.2) is 0 Å². The normalized spacial score (nSPS) is 20.8. The number of benzene rings is 2. The van der Waals surface area contributed by atoms with Crippen LogP contribution in [0.3, 0.4) is 0 Å². The summed E-state index contributed by atoms with van der Waals surface area (Å²) in [5, 5.41) is 12.2. The van der Waals surface area contributed by atoms with E-state index in [1.807, 2.05) is 30.5 Å². The van der Waals surface area contributed by atoms with Crippen LogP contribution in [0, 0.1) is 0 Å². The average molecular weight is 439 g/mol. The number of amides is 2. The molecule has 2 aromatic carbocycles. The molecule has 2 N–H and O–H groups in total. The minimum Gasteiger partial charge on any atom is -0.480 e. The molecule has 162 valence electrons. The number of carboxylic acid groups (broad SMARTS) is 1. The molecular formula is C24H26N2O4S. The largest absolute Gasteiger partial charge is 0.480 e. The molecule has 2 aliphatic rings. The topological polar surface area (TPSA) is 86.7 Å². The van der Waals surface area contributed by atoms with Gasteiger partial charge in [-0.3, -0.25) is 9.59 Å². The van der Waals surface area contributed by atoms with Gasteiger partial charge in [-0.2, -0.15) is 11.8 Å². The number of hydrogen-bond acceptors (Lipinski definition) is 4. The lowest BCUT2D eigenvalue weighted by Gasteiger charge is -2.22. The Balaban J connectivity index is 1.49. The van der Waals surface area contributed by atoms with Gasteiger partial charge in [-0.25, -0.2) is 4.79 Å². The van der Waals surface area contributed by atoms with Crippen LogP contribution in [0.1, 0.15) is 41.8 Å². The molecule has 0 bridgehead atoms. The lowest BCUT2D eigenvalue weighted by molar-refractivity contribution is -0.147. The number of nitrogens with zero attached hydrogens (tertiary/aromatic N) is 1. The Morgan fingerprint density at radius 1 is 1.13 bits per heavy atom. The maximum absolute atomic E-state index is 12.8. The number of nitrogens with one attached hydrogen (secondary N) is 1. The Hall–Kier alpha value is -2.80. The molecular weight excluding hydrogens is 412 g/mol. The second-order valence-corrected chi connectivity index (χ2v) is 9.75. The number of rotatable bonds is 5. The second kappa shape index (κ2) is 8.04. The summed E-state index contributed by atoms with van der Waals surface area (Å²) < 4.78 is 0. The summed E-state index contributed by atoms with van der Waals surface area (Å²) in [6.45, 7) is 4.51. The molecule has 7 heteroatoms. The van der Waals surface area contributed by atoms with Gasteiger partial charge in [-0.1, -0.05) is 44.2 Å². The number of hydrogen-bond donors (Lipinski definition) is 2. The van der Waals surface area contributed by atoms with E-state index >= 15 is 0 Å². The quantitative estimate of drug-likeness (QED) is 0.749. The van der Waals surface area contributed by atoms with Gasteiger partial charge in [-0.05, 0) is 47.1 Å². The van der Waals surface area contributed by atoms with Gasteiger partial charge in [0.25, 0.3) is 5.91 Å². The van der Waals surface area contributed by atoms with Crippen molar-refractivity contribution in [2.24, 2.45) is 0 Å². The van der Waals surface area contributed by atoms with Crippen LogP contribution in [0.5, 0.6) is 0 Å². The Morgan fingerprint density at radius 2 is 1.84 bits per heavy atom. The highest BCUT2D eigenvalue weighted by molar-refractivity contribution is 7.99. The Morgan fingerprint density at radius 3 is 2.55 bits per heavy atom. The number of fused-ring (bicyclic) bond motifs is 3. The number of carboxylic acids is 1. The summed E-state index contributed by atoms with van der Waals surface area (Å²) in [6.07, 6.45) is 2.34. The van der Waals surface area contributed by atoms with E-state index in [0.29, 0.717) is 18.5 Å². The zero-order valence-corrected chi connectivity index (χ0v) is 18.7. The number of likely N-dealkylation sites (tertiary alicyclic amines) is 1. The van der Waals surface area contributed by atoms with Crippen molar-refractivity contribution in [1.82, 2.24) is 10.2 Å². The van der Waals surface area contributed by atoms with Crippen molar-refractivity contribution in [1.29, 1.82) is 0 Å². The van der Waals surface area contributed by atoms with E-state index in [2.05, 4.69) is 31.3 Å². The zero-order chi connectivity index (χ0) is 22.3. The molecule has 0 aromatic heterocycles. The van der Waals surface area contributed by atoms with Crippen molar-refractivity contribution >= 4 is 29.5 Å². The summed E-state index contributed by atoms with van der Waals surface area (Å²) in [5.41, 5.74) is 4.91. The summed E-state index contributed by atoms with van der Waals surface area (Å²) >= 11 is 1.56. The molecule has 0 saturated carbocycles. The fourth-order valence-electron chi connectivity index (χ4n) is 4.70. The summed E-state index contributed by atoms with van der Waals surface area (Å²) in [7, 11) is 0. The van der Waals surface area contributed by atoms with Gasteiger partial charge in [0, 0.05) is 22.8 Å². The lowest BCUT2D eigenvalue weighted by atomic mass is 9.82. The monoisotopic (exact) mass is 438 g/mol. The van der Waals surface area contributed by atoms with Gasteiger partial charge < -0.3 is 15.3 Å². The predicted molar refractivity (Wildman–Crippen MR) is 121 cm³/mol. The maximum atomic E-state index is 12.8. The molecule has 1 saturated heterocycles. The third kappa shape index (κ3) is 3.71. The highest BCUT2D eigenvalue weighted by Gasteiger charge is 2.39. The fourth-order valence-corrected chi connectivity index (χ4v) is 5.38. The number of thioether (sulfide) groups is 1. The van der Waals surface area contributed by atoms with Crippen molar-refractivity contribution in [2.45, 2.75) is 37.0 Å². The first kappa shape index (κ1) is 21.4. The van der Waals surface area contributed by atoms with Crippen LogP contribution in [0.2, 0.25) is 0 Å². The smallest absolute Gasteiger partial charge is 0.326 e. The van der Waals surface area contributed by atoms with Crippen molar-refractivity contribution in [3.63, 3.8) is 0 Å². The Kier molecular flexibility index (Phi) is 5.56. The standard InChI is InChI=1S/C24H26N2O4S/c1-24(2)18-7-5-4-6-16(18)17-10-14(8-9-19(17)24)22(28)25-12-21(27)26-13-15(31-3)11-20(26)23(29)30/h4-10,15,20H,11-13H2,1-3H3,(H,25,28)(H,29,30)/t15-,20+/m1/s1. The maximum Gasteiger partial charge on any atom is 0.326 e. The van der Waals surface area contributed by atoms with Gasteiger partial charge in [0.05, 0.1) is 6.54 Å². The van der Waals surface area contributed by atoms with Gasteiger partial charge >= 0.3 is 5.97 Å². The van der Waals surface area contributed by atoms with E-state index in [9.17, 15) is 19.5 Å². The van der Waals surface area contributed by atoms with E-state index in [4.69, 9.17) is 0 Å². The summed E-state index contributed by atoms with van der Waals surface area (Å²) in [5.74, 6) is -1.72. The van der Waals surface area contributed by atoms with Crippen LogP contribution >= 0.6 is 11.8 Å². The predicted octanol–water partition coefficient (Wildman–Crippen LogP) is 3.14. The van der Waals surface area contributed by atoms with E-state index in [-0.39, 0.29) is 29.0 Å². The first-order valence-electron chi connectivity index (χ1n) is 10.3. The van der Waals surface area contributed by atoms with E-state index in [1.54, 1.807) is 17.8 Å². The van der Waals surface area contributed by atoms with Gasteiger partial charge in [0.2, 0.25) is 5.91 Å².